The van der Waals surface area contributed by atoms with Crippen LogP contribution < -0.4 is 27.4 Å². The van der Waals surface area contributed by atoms with E-state index >= 15 is 0 Å². The van der Waals surface area contributed by atoms with E-state index in [0.717, 1.165) is 5.56 Å². The van der Waals surface area contributed by atoms with E-state index < -0.39 is 47.9 Å². The van der Waals surface area contributed by atoms with Crippen LogP contribution in [0.15, 0.2) is 42.9 Å². The molecule has 2 rings (SSSR count). The van der Waals surface area contributed by atoms with Gasteiger partial charge in [0, 0.05) is 24.7 Å². The minimum Gasteiger partial charge on any atom is -0.480 e. The number of imidazole rings is 1. The van der Waals surface area contributed by atoms with Crippen molar-refractivity contribution < 1.29 is 24.3 Å². The van der Waals surface area contributed by atoms with Crippen molar-refractivity contribution in [2.75, 3.05) is 6.54 Å². The number of hydrogen-bond acceptors (Lipinski definition) is 7. The van der Waals surface area contributed by atoms with Gasteiger partial charge in [-0.3, -0.25) is 14.4 Å². The van der Waals surface area contributed by atoms with Gasteiger partial charge in [0.15, 0.2) is 0 Å². The summed E-state index contributed by atoms with van der Waals surface area (Å²) < 4.78 is 0. The van der Waals surface area contributed by atoms with Crippen LogP contribution in [0.2, 0.25) is 0 Å². The maximum absolute atomic E-state index is 13.3. The van der Waals surface area contributed by atoms with E-state index in [1.807, 2.05) is 30.3 Å². The monoisotopic (exact) mass is 501 g/mol. The van der Waals surface area contributed by atoms with Crippen LogP contribution in [0, 0.1) is 0 Å². The molecule has 1 heterocycles. The normalized spacial score (nSPS) is 14.2. The maximum Gasteiger partial charge on any atom is 0.326 e. The Kier molecular flexibility index (Phi) is 11.5. The zero-order valence-electron chi connectivity index (χ0n) is 20.3. The van der Waals surface area contributed by atoms with E-state index in [1.54, 1.807) is 0 Å². The number of nitrogens with two attached hydrogens (primary N) is 2. The van der Waals surface area contributed by atoms with Gasteiger partial charge in [-0.15, -0.1) is 0 Å². The highest BCUT2D eigenvalue weighted by atomic mass is 16.4. The lowest BCUT2D eigenvalue weighted by Crippen LogP contribution is -2.58. The number of aromatic nitrogens is 2. The number of aromatic amines is 1. The second kappa shape index (κ2) is 14.6. The van der Waals surface area contributed by atoms with Gasteiger partial charge >= 0.3 is 5.97 Å². The summed E-state index contributed by atoms with van der Waals surface area (Å²) >= 11 is 0. The number of nitrogens with zero attached hydrogens (tertiary/aromatic N) is 1. The standard InChI is InChI=1S/C24H35N7O5/c1-15(26)21(32)30-19(11-16-7-3-2-4-8-16)22(33)31-20(12-17-13-27-14-28-17)23(34)29-18(24(35)36)9-5-6-10-25/h2-4,7-8,13-15,18-20H,5-6,9-12,25-26H2,1H3,(H,27,28)(H,29,34)(H,30,32)(H,31,33)(H,35,36). The molecule has 1 aromatic carbocycles. The summed E-state index contributed by atoms with van der Waals surface area (Å²) in [7, 11) is 0. The van der Waals surface area contributed by atoms with Crippen LogP contribution in [0.25, 0.3) is 0 Å². The average Bonchev–Trinajstić information content (AvgIpc) is 3.36. The molecule has 36 heavy (non-hydrogen) atoms. The molecule has 0 radical (unpaired) electrons. The molecular weight excluding hydrogens is 466 g/mol. The SMILES string of the molecule is CC(N)C(=O)NC(Cc1ccccc1)C(=O)NC(Cc1cnc[nH]1)C(=O)NC(CCCCN)C(=O)O. The molecule has 0 fully saturated rings. The Morgan fingerprint density at radius 2 is 1.56 bits per heavy atom. The Labute approximate surface area is 209 Å². The number of benzene rings is 1. The number of rotatable bonds is 15. The number of unbranched alkanes of at least 4 members (excludes halogenated alkanes) is 1. The quantitative estimate of drug-likeness (QED) is 0.154. The lowest BCUT2D eigenvalue weighted by molar-refractivity contribution is -0.142. The summed E-state index contributed by atoms with van der Waals surface area (Å²) in [6, 6.07) is 4.95. The maximum atomic E-state index is 13.3. The van der Waals surface area contributed by atoms with E-state index in [-0.39, 0.29) is 19.3 Å². The molecular formula is C24H35N7O5. The molecule has 0 aliphatic heterocycles. The van der Waals surface area contributed by atoms with Crippen LogP contribution in [-0.2, 0) is 32.0 Å². The van der Waals surface area contributed by atoms with Gasteiger partial charge in [0.05, 0.1) is 12.4 Å². The molecule has 12 nitrogen and oxygen atoms in total. The molecule has 0 aliphatic rings. The number of hydrogen-bond donors (Lipinski definition) is 7. The van der Waals surface area contributed by atoms with Gasteiger partial charge in [0.25, 0.3) is 0 Å². The minimum absolute atomic E-state index is 0.0337. The molecule has 0 saturated carbocycles. The predicted octanol–water partition coefficient (Wildman–Crippen LogP) is -0.790. The fourth-order valence-electron chi connectivity index (χ4n) is 3.48. The predicted molar refractivity (Wildman–Crippen MR) is 132 cm³/mol. The van der Waals surface area contributed by atoms with Crippen molar-refractivity contribution in [2.24, 2.45) is 11.5 Å². The summed E-state index contributed by atoms with van der Waals surface area (Å²) in [5, 5.41) is 17.3. The number of nitrogens with one attached hydrogen (secondary N) is 4. The number of carbonyl (C=O) groups excluding carboxylic acids is 3. The zero-order valence-corrected chi connectivity index (χ0v) is 20.3. The van der Waals surface area contributed by atoms with Crippen molar-refractivity contribution in [3.8, 4) is 0 Å². The Bertz CT molecular complexity index is 982. The molecule has 0 saturated heterocycles. The van der Waals surface area contributed by atoms with Crippen LogP contribution in [0.5, 0.6) is 0 Å². The van der Waals surface area contributed by atoms with Gasteiger partial charge in [-0.2, -0.15) is 0 Å². The molecule has 0 bridgehead atoms. The number of carbonyl (C=O) groups is 4. The Hall–Kier alpha value is -3.77. The van der Waals surface area contributed by atoms with E-state index in [9.17, 15) is 24.3 Å². The topological polar surface area (TPSA) is 205 Å². The lowest BCUT2D eigenvalue weighted by Gasteiger charge is -2.25. The molecule has 3 amide bonds. The van der Waals surface area contributed by atoms with Crippen LogP contribution in [0.3, 0.4) is 0 Å². The van der Waals surface area contributed by atoms with Crippen LogP contribution in [0.4, 0.5) is 0 Å². The number of amides is 3. The van der Waals surface area contributed by atoms with Crippen LogP contribution in [0.1, 0.15) is 37.4 Å². The van der Waals surface area contributed by atoms with E-state index in [2.05, 4.69) is 25.9 Å². The third kappa shape index (κ3) is 9.47. The van der Waals surface area contributed by atoms with Gasteiger partial charge in [-0.25, -0.2) is 9.78 Å². The van der Waals surface area contributed by atoms with Crippen molar-refractivity contribution in [2.45, 2.75) is 63.2 Å². The van der Waals surface area contributed by atoms with Gasteiger partial charge in [-0.1, -0.05) is 30.3 Å². The Balaban J connectivity index is 2.21. The average molecular weight is 502 g/mol. The van der Waals surface area contributed by atoms with Crippen molar-refractivity contribution in [3.63, 3.8) is 0 Å². The van der Waals surface area contributed by atoms with E-state index in [0.29, 0.717) is 25.1 Å². The molecule has 0 spiro atoms. The zero-order chi connectivity index (χ0) is 26.5. The Morgan fingerprint density at radius 1 is 0.944 bits per heavy atom. The van der Waals surface area contributed by atoms with Gasteiger partial charge < -0.3 is 37.5 Å². The number of H-pyrrole nitrogens is 1. The van der Waals surface area contributed by atoms with Gasteiger partial charge in [0.1, 0.15) is 18.1 Å². The lowest BCUT2D eigenvalue weighted by atomic mass is 10.0. The summed E-state index contributed by atoms with van der Waals surface area (Å²) in [6.45, 7) is 1.91. The molecule has 4 atom stereocenters. The molecule has 9 N–H and O–H groups in total. The van der Waals surface area contributed by atoms with Crippen LogP contribution >= 0.6 is 0 Å². The molecule has 12 heteroatoms. The second-order valence-corrected chi connectivity index (χ2v) is 8.57. The molecule has 0 aliphatic carbocycles. The minimum atomic E-state index is -1.18. The summed E-state index contributed by atoms with van der Waals surface area (Å²) in [5.41, 5.74) is 12.5. The largest absolute Gasteiger partial charge is 0.480 e. The number of carboxylic acid groups (broad SMARTS) is 1. The van der Waals surface area contributed by atoms with Crippen molar-refractivity contribution in [1.82, 2.24) is 25.9 Å². The summed E-state index contributed by atoms with van der Waals surface area (Å²) in [5.74, 6) is -2.98. The van der Waals surface area contributed by atoms with Gasteiger partial charge in [0.2, 0.25) is 17.7 Å². The molecule has 1 aromatic heterocycles. The molecule has 2 aromatic rings. The third-order valence-corrected chi connectivity index (χ3v) is 5.50. The first kappa shape index (κ1) is 28.5. The summed E-state index contributed by atoms with van der Waals surface area (Å²) in [6.07, 6.45) is 4.47. The fraction of sp³-hybridized carbons (Fsp3) is 0.458. The number of carboxylic acids is 1. The Morgan fingerprint density at radius 3 is 2.11 bits per heavy atom. The molecule has 4 unspecified atom stereocenters. The first-order chi connectivity index (χ1) is 17.2. The van der Waals surface area contributed by atoms with E-state index in [4.69, 9.17) is 11.5 Å². The fourth-order valence-corrected chi connectivity index (χ4v) is 3.48. The first-order valence-electron chi connectivity index (χ1n) is 11.8. The highest BCUT2D eigenvalue weighted by Crippen LogP contribution is 2.07. The number of aliphatic carboxylic acids is 1. The van der Waals surface area contributed by atoms with Crippen molar-refractivity contribution >= 4 is 23.7 Å². The van der Waals surface area contributed by atoms with E-state index in [1.165, 1.54) is 19.4 Å². The first-order valence-corrected chi connectivity index (χ1v) is 11.8. The highest BCUT2D eigenvalue weighted by Gasteiger charge is 2.30. The van der Waals surface area contributed by atoms with Crippen molar-refractivity contribution in [3.05, 3.63) is 54.1 Å². The smallest absolute Gasteiger partial charge is 0.326 e. The van der Waals surface area contributed by atoms with Crippen LogP contribution in [-0.4, -0.2) is 69.5 Å². The summed E-state index contributed by atoms with van der Waals surface area (Å²) in [4.78, 5) is 57.1. The highest BCUT2D eigenvalue weighted by molar-refractivity contribution is 5.94. The third-order valence-electron chi connectivity index (χ3n) is 5.50. The van der Waals surface area contributed by atoms with Crippen molar-refractivity contribution in [1.29, 1.82) is 0 Å². The van der Waals surface area contributed by atoms with Gasteiger partial charge in [-0.05, 0) is 38.3 Å². The molecule has 196 valence electrons. The second-order valence-electron chi connectivity index (χ2n) is 8.57.